The first kappa shape index (κ1) is 7.62. The molecule has 0 saturated heterocycles. The summed E-state index contributed by atoms with van der Waals surface area (Å²) in [6.07, 6.45) is 0. The van der Waals surface area contributed by atoms with E-state index in [0.717, 1.165) is 6.92 Å². The van der Waals surface area contributed by atoms with Crippen molar-refractivity contribution in [3.8, 4) is 0 Å². The molecule has 3 N–H and O–H groups in total. The number of hydrogen-bond acceptors (Lipinski definition) is 2. The lowest BCUT2D eigenvalue weighted by Crippen LogP contribution is -2.15. The van der Waals surface area contributed by atoms with Crippen LogP contribution in [0.3, 0.4) is 0 Å². The Morgan fingerprint density at radius 3 is 2.00 bits per heavy atom. The van der Waals surface area contributed by atoms with Gasteiger partial charge in [-0.1, -0.05) is 0 Å². The SMILES string of the molecule is CC(=O)NP(=O)(O)O. The molecule has 0 rings (SSSR count). The average Bonchev–Trinajstić information content (AvgIpc) is 1.21. The van der Waals surface area contributed by atoms with Gasteiger partial charge >= 0.3 is 7.75 Å². The predicted octanol–water partition coefficient (Wildman–Crippen LogP) is -0.785. The van der Waals surface area contributed by atoms with Gasteiger partial charge in [0.15, 0.2) is 0 Å². The van der Waals surface area contributed by atoms with Crippen LogP contribution in [0.2, 0.25) is 0 Å². The van der Waals surface area contributed by atoms with E-state index in [2.05, 4.69) is 0 Å². The van der Waals surface area contributed by atoms with Crippen molar-refractivity contribution in [1.29, 1.82) is 0 Å². The highest BCUT2D eigenvalue weighted by Gasteiger charge is 2.12. The molecule has 0 aromatic carbocycles. The van der Waals surface area contributed by atoms with Crippen molar-refractivity contribution in [2.45, 2.75) is 6.92 Å². The van der Waals surface area contributed by atoms with Crippen LogP contribution in [0.1, 0.15) is 6.92 Å². The quantitative estimate of drug-likeness (QED) is 0.415. The second-order valence-corrected chi connectivity index (χ2v) is 2.52. The van der Waals surface area contributed by atoms with E-state index >= 15 is 0 Å². The van der Waals surface area contributed by atoms with Crippen molar-refractivity contribution in [2.24, 2.45) is 0 Å². The molecular formula is C2H6NO4P. The van der Waals surface area contributed by atoms with Crippen LogP contribution in [0.5, 0.6) is 0 Å². The van der Waals surface area contributed by atoms with Gasteiger partial charge in [0, 0.05) is 6.92 Å². The number of hydrogen-bond donors (Lipinski definition) is 3. The number of rotatable bonds is 1. The van der Waals surface area contributed by atoms with Crippen LogP contribution in [-0.4, -0.2) is 15.7 Å². The molecule has 0 atom stereocenters. The fourth-order valence-electron chi connectivity index (χ4n) is 0.205. The summed E-state index contributed by atoms with van der Waals surface area (Å²) in [5.74, 6) is -0.738. The van der Waals surface area contributed by atoms with E-state index in [1.54, 1.807) is 0 Å². The first-order chi connectivity index (χ1) is 3.42. The lowest BCUT2D eigenvalue weighted by atomic mass is 10.8. The fourth-order valence-corrected chi connectivity index (χ4v) is 0.615. The first-order valence-electron chi connectivity index (χ1n) is 1.76. The number of carbonyl (C=O) groups excluding carboxylic acids is 1. The zero-order chi connectivity index (χ0) is 6.78. The van der Waals surface area contributed by atoms with Gasteiger partial charge in [-0.05, 0) is 0 Å². The molecule has 0 fully saturated rings. The molecule has 0 bridgehead atoms. The van der Waals surface area contributed by atoms with E-state index in [0.29, 0.717) is 0 Å². The molecule has 0 aliphatic carbocycles. The Morgan fingerprint density at radius 1 is 1.62 bits per heavy atom. The standard InChI is InChI=1S/C2H6NO4P/c1-2(4)3-8(5,6)7/h1H3,(H3,3,4,5,6,7). The highest BCUT2D eigenvalue weighted by molar-refractivity contribution is 7.50. The van der Waals surface area contributed by atoms with Gasteiger partial charge in [0.1, 0.15) is 0 Å². The Kier molecular flexibility index (Phi) is 2.15. The third-order valence-electron chi connectivity index (χ3n) is 0.303. The van der Waals surface area contributed by atoms with Crippen LogP contribution >= 0.6 is 7.75 Å². The summed E-state index contributed by atoms with van der Waals surface area (Å²) >= 11 is 0. The molecule has 0 unspecified atom stereocenters. The largest absolute Gasteiger partial charge is 0.429 e. The minimum atomic E-state index is -4.32. The molecule has 6 heteroatoms. The lowest BCUT2D eigenvalue weighted by Gasteiger charge is -2.00. The molecular weight excluding hydrogens is 133 g/mol. The van der Waals surface area contributed by atoms with E-state index < -0.39 is 13.7 Å². The maximum atomic E-state index is 9.86. The zero-order valence-electron chi connectivity index (χ0n) is 4.16. The van der Waals surface area contributed by atoms with Crippen molar-refractivity contribution >= 4 is 13.7 Å². The maximum Gasteiger partial charge on any atom is 0.429 e. The van der Waals surface area contributed by atoms with Crippen LogP contribution < -0.4 is 5.09 Å². The molecule has 0 heterocycles. The molecule has 48 valence electrons. The van der Waals surface area contributed by atoms with Gasteiger partial charge in [-0.15, -0.1) is 0 Å². The maximum absolute atomic E-state index is 9.86. The van der Waals surface area contributed by atoms with Gasteiger partial charge in [-0.25, -0.2) is 4.57 Å². The van der Waals surface area contributed by atoms with Gasteiger partial charge in [-0.2, -0.15) is 0 Å². The van der Waals surface area contributed by atoms with Crippen molar-refractivity contribution in [3.63, 3.8) is 0 Å². The van der Waals surface area contributed by atoms with Crippen LogP contribution in [0.4, 0.5) is 0 Å². The monoisotopic (exact) mass is 139 g/mol. The van der Waals surface area contributed by atoms with Gasteiger partial charge in [0.05, 0.1) is 0 Å². The molecule has 0 radical (unpaired) electrons. The molecule has 0 aliphatic heterocycles. The van der Waals surface area contributed by atoms with Crippen molar-refractivity contribution in [3.05, 3.63) is 0 Å². The number of nitrogens with one attached hydrogen (secondary N) is 1. The minimum absolute atomic E-state index is 0.738. The second-order valence-electron chi connectivity index (χ2n) is 1.21. The van der Waals surface area contributed by atoms with Gasteiger partial charge in [0.2, 0.25) is 5.91 Å². The highest BCUT2D eigenvalue weighted by Crippen LogP contribution is 2.27. The summed E-state index contributed by atoms with van der Waals surface area (Å²) in [4.78, 5) is 25.8. The van der Waals surface area contributed by atoms with Crippen molar-refractivity contribution in [1.82, 2.24) is 5.09 Å². The summed E-state index contributed by atoms with van der Waals surface area (Å²) in [7, 11) is -4.32. The van der Waals surface area contributed by atoms with E-state index in [-0.39, 0.29) is 0 Å². The summed E-state index contributed by atoms with van der Waals surface area (Å²) < 4.78 is 9.80. The minimum Gasteiger partial charge on any atom is -0.308 e. The number of amides is 1. The van der Waals surface area contributed by atoms with Crippen molar-refractivity contribution in [2.75, 3.05) is 0 Å². The molecule has 8 heavy (non-hydrogen) atoms. The molecule has 0 aromatic heterocycles. The van der Waals surface area contributed by atoms with Gasteiger partial charge in [-0.3, -0.25) is 9.88 Å². The Bertz CT molecular complexity index is 137. The fraction of sp³-hybridized carbons (Fsp3) is 0.500. The van der Waals surface area contributed by atoms with Gasteiger partial charge in [0.25, 0.3) is 0 Å². The third kappa shape index (κ3) is 5.62. The molecule has 0 saturated carbocycles. The Hall–Kier alpha value is -0.380. The molecule has 0 aromatic rings. The van der Waals surface area contributed by atoms with Crippen molar-refractivity contribution < 1.29 is 19.1 Å². The second kappa shape index (κ2) is 2.26. The normalized spacial score (nSPS) is 10.9. The smallest absolute Gasteiger partial charge is 0.308 e. The van der Waals surface area contributed by atoms with E-state index in [1.165, 1.54) is 5.09 Å². The van der Waals surface area contributed by atoms with Crippen LogP contribution in [0, 0.1) is 0 Å². The Morgan fingerprint density at radius 2 is 2.00 bits per heavy atom. The van der Waals surface area contributed by atoms with E-state index in [9.17, 15) is 9.36 Å². The van der Waals surface area contributed by atoms with E-state index in [4.69, 9.17) is 9.79 Å². The van der Waals surface area contributed by atoms with Gasteiger partial charge < -0.3 is 9.79 Å². The summed E-state index contributed by atoms with van der Waals surface area (Å²) in [5, 5.41) is 1.41. The molecule has 1 amide bonds. The highest BCUT2D eigenvalue weighted by atomic mass is 31.2. The topological polar surface area (TPSA) is 86.6 Å². The van der Waals surface area contributed by atoms with Crippen LogP contribution in [-0.2, 0) is 9.36 Å². The summed E-state index contributed by atoms with van der Waals surface area (Å²) in [6.45, 7) is 1.03. The Balaban J connectivity index is 3.74. The predicted molar refractivity (Wildman–Crippen MR) is 25.9 cm³/mol. The van der Waals surface area contributed by atoms with E-state index in [1.807, 2.05) is 0 Å². The lowest BCUT2D eigenvalue weighted by molar-refractivity contribution is -0.117. The zero-order valence-corrected chi connectivity index (χ0v) is 5.05. The molecule has 5 nitrogen and oxygen atoms in total. The Labute approximate surface area is 45.9 Å². The number of carbonyl (C=O) groups is 1. The third-order valence-corrected chi connectivity index (χ3v) is 0.909. The summed E-state index contributed by atoms with van der Waals surface area (Å²) in [6, 6.07) is 0. The molecule has 0 aliphatic rings. The average molecular weight is 139 g/mol. The summed E-state index contributed by atoms with van der Waals surface area (Å²) in [5.41, 5.74) is 0. The van der Waals surface area contributed by atoms with Crippen LogP contribution in [0.25, 0.3) is 0 Å². The van der Waals surface area contributed by atoms with Crippen LogP contribution in [0.15, 0.2) is 0 Å². The molecule has 0 spiro atoms. The first-order valence-corrected chi connectivity index (χ1v) is 3.37.